The summed E-state index contributed by atoms with van der Waals surface area (Å²) in [7, 11) is 0. The number of anilines is 1. The van der Waals surface area contributed by atoms with E-state index in [1.165, 1.54) is 6.07 Å². The Labute approximate surface area is 151 Å². The lowest BCUT2D eigenvalue weighted by Gasteiger charge is -2.08. The van der Waals surface area contributed by atoms with Crippen molar-refractivity contribution in [3.63, 3.8) is 0 Å². The van der Waals surface area contributed by atoms with Gasteiger partial charge in [0.25, 0.3) is 0 Å². The number of nitrogens with two attached hydrogens (primary N) is 1. The molecule has 0 spiro atoms. The predicted octanol–water partition coefficient (Wildman–Crippen LogP) is 4.64. The second-order valence-electron chi connectivity index (χ2n) is 4.95. The SMILES string of the molecule is Cc1cc(C)cc(NC(N)=NCc2ccc(F)c(Cl)c2)c1.I. The van der Waals surface area contributed by atoms with Crippen molar-refractivity contribution in [1.29, 1.82) is 0 Å². The molecule has 0 unspecified atom stereocenters. The van der Waals surface area contributed by atoms with Crippen LogP contribution >= 0.6 is 35.6 Å². The van der Waals surface area contributed by atoms with E-state index in [0.29, 0.717) is 12.5 Å². The van der Waals surface area contributed by atoms with Gasteiger partial charge in [-0.25, -0.2) is 9.38 Å². The molecule has 0 aliphatic rings. The average molecular weight is 434 g/mol. The van der Waals surface area contributed by atoms with E-state index in [1.807, 2.05) is 26.0 Å². The van der Waals surface area contributed by atoms with Gasteiger partial charge in [-0.1, -0.05) is 23.7 Å². The van der Waals surface area contributed by atoms with Crippen LogP contribution < -0.4 is 11.1 Å². The number of aryl methyl sites for hydroxylation is 2. The molecule has 0 heterocycles. The molecule has 0 atom stereocenters. The third-order valence-corrected chi connectivity index (χ3v) is 3.20. The number of hydrogen-bond donors (Lipinski definition) is 2. The van der Waals surface area contributed by atoms with E-state index >= 15 is 0 Å². The summed E-state index contributed by atoms with van der Waals surface area (Å²) in [4.78, 5) is 4.22. The smallest absolute Gasteiger partial charge is 0.193 e. The van der Waals surface area contributed by atoms with Crippen molar-refractivity contribution in [1.82, 2.24) is 0 Å². The Morgan fingerprint density at radius 2 is 1.82 bits per heavy atom. The van der Waals surface area contributed by atoms with Crippen molar-refractivity contribution in [2.75, 3.05) is 5.32 Å². The Kier molecular flexibility index (Phi) is 7.09. The second-order valence-corrected chi connectivity index (χ2v) is 5.36. The molecule has 0 aromatic heterocycles. The molecule has 0 saturated heterocycles. The summed E-state index contributed by atoms with van der Waals surface area (Å²) in [6.45, 7) is 4.38. The van der Waals surface area contributed by atoms with Crippen LogP contribution in [0.3, 0.4) is 0 Å². The number of guanidine groups is 1. The maximum absolute atomic E-state index is 13.1. The van der Waals surface area contributed by atoms with Crippen LogP contribution in [0.1, 0.15) is 16.7 Å². The lowest BCUT2D eigenvalue weighted by molar-refractivity contribution is 0.627. The van der Waals surface area contributed by atoms with Gasteiger partial charge in [0.1, 0.15) is 5.82 Å². The van der Waals surface area contributed by atoms with Gasteiger partial charge in [0, 0.05) is 5.69 Å². The summed E-state index contributed by atoms with van der Waals surface area (Å²) in [5.74, 6) is -0.133. The minimum absolute atomic E-state index is 0. The summed E-state index contributed by atoms with van der Waals surface area (Å²) in [6.07, 6.45) is 0. The second kappa shape index (κ2) is 8.33. The van der Waals surface area contributed by atoms with E-state index in [1.54, 1.807) is 12.1 Å². The zero-order chi connectivity index (χ0) is 15.4. The molecule has 0 saturated carbocycles. The molecule has 0 bridgehead atoms. The van der Waals surface area contributed by atoms with Crippen LogP contribution in [-0.2, 0) is 6.54 Å². The summed E-state index contributed by atoms with van der Waals surface area (Å²) < 4.78 is 13.1. The standard InChI is InChI=1S/C16H17ClFN3.HI/c1-10-5-11(2)7-13(6-10)21-16(19)20-9-12-3-4-15(18)14(17)8-12;/h3-8H,9H2,1-2H3,(H3,19,20,21);1H. The van der Waals surface area contributed by atoms with Gasteiger partial charge in [-0.2, -0.15) is 0 Å². The van der Waals surface area contributed by atoms with Gasteiger partial charge in [0.2, 0.25) is 0 Å². The fourth-order valence-corrected chi connectivity index (χ4v) is 2.25. The first-order chi connectivity index (χ1) is 9.94. The molecule has 0 radical (unpaired) electrons. The third kappa shape index (κ3) is 5.46. The normalized spacial score (nSPS) is 11.0. The Bertz CT molecular complexity index is 669. The van der Waals surface area contributed by atoms with E-state index in [4.69, 9.17) is 17.3 Å². The van der Waals surface area contributed by atoms with Crippen molar-refractivity contribution in [2.24, 2.45) is 10.7 Å². The van der Waals surface area contributed by atoms with E-state index in [0.717, 1.165) is 22.4 Å². The summed E-state index contributed by atoms with van der Waals surface area (Å²) in [6, 6.07) is 10.6. The molecule has 3 nitrogen and oxygen atoms in total. The Morgan fingerprint density at radius 1 is 1.18 bits per heavy atom. The molecule has 0 aliphatic heterocycles. The fourth-order valence-electron chi connectivity index (χ4n) is 2.05. The van der Waals surface area contributed by atoms with Gasteiger partial charge in [0.05, 0.1) is 11.6 Å². The topological polar surface area (TPSA) is 50.4 Å². The summed E-state index contributed by atoms with van der Waals surface area (Å²) in [5, 5.41) is 3.13. The van der Waals surface area contributed by atoms with Gasteiger partial charge in [-0.3, -0.25) is 0 Å². The van der Waals surface area contributed by atoms with Crippen molar-refractivity contribution >= 4 is 47.2 Å². The first-order valence-electron chi connectivity index (χ1n) is 6.53. The van der Waals surface area contributed by atoms with Gasteiger partial charge >= 0.3 is 0 Å². The molecule has 0 aliphatic carbocycles. The number of nitrogens with one attached hydrogen (secondary N) is 1. The first kappa shape index (κ1) is 18.7. The van der Waals surface area contributed by atoms with E-state index in [9.17, 15) is 4.39 Å². The van der Waals surface area contributed by atoms with Crippen LogP contribution in [0.4, 0.5) is 10.1 Å². The van der Waals surface area contributed by atoms with E-state index < -0.39 is 5.82 Å². The van der Waals surface area contributed by atoms with Crippen LogP contribution in [0.15, 0.2) is 41.4 Å². The predicted molar refractivity (Wildman–Crippen MR) is 102 cm³/mol. The largest absolute Gasteiger partial charge is 0.370 e. The van der Waals surface area contributed by atoms with Crippen LogP contribution in [-0.4, -0.2) is 5.96 Å². The zero-order valence-electron chi connectivity index (χ0n) is 12.4. The molecule has 6 heteroatoms. The molecule has 3 N–H and O–H groups in total. The molecule has 0 amide bonds. The third-order valence-electron chi connectivity index (χ3n) is 2.91. The highest BCUT2D eigenvalue weighted by molar-refractivity contribution is 14.0. The maximum atomic E-state index is 13.1. The van der Waals surface area contributed by atoms with Crippen LogP contribution in [0.5, 0.6) is 0 Å². The molecular formula is C16H18ClFIN3. The molecule has 0 fully saturated rings. The Balaban J connectivity index is 0.00000242. The zero-order valence-corrected chi connectivity index (χ0v) is 15.4. The number of hydrogen-bond acceptors (Lipinski definition) is 1. The number of aliphatic imine (C=N–C) groups is 1. The number of benzene rings is 2. The minimum atomic E-state index is -0.439. The van der Waals surface area contributed by atoms with Crippen molar-refractivity contribution in [3.05, 3.63) is 63.9 Å². The fraction of sp³-hybridized carbons (Fsp3) is 0.188. The van der Waals surface area contributed by atoms with Gasteiger partial charge in [-0.05, 0) is 54.8 Å². The van der Waals surface area contributed by atoms with Gasteiger partial charge in [0.15, 0.2) is 5.96 Å². The monoisotopic (exact) mass is 433 g/mol. The van der Waals surface area contributed by atoms with Gasteiger partial charge < -0.3 is 11.1 Å². The molecule has 2 rings (SSSR count). The highest BCUT2D eigenvalue weighted by atomic mass is 127. The van der Waals surface area contributed by atoms with Crippen LogP contribution in [0, 0.1) is 19.7 Å². The lowest BCUT2D eigenvalue weighted by Crippen LogP contribution is -2.22. The van der Waals surface area contributed by atoms with E-state index in [2.05, 4.69) is 16.4 Å². The quantitative estimate of drug-likeness (QED) is 0.421. The summed E-state index contributed by atoms with van der Waals surface area (Å²) >= 11 is 5.72. The van der Waals surface area contributed by atoms with Crippen molar-refractivity contribution in [2.45, 2.75) is 20.4 Å². The van der Waals surface area contributed by atoms with Gasteiger partial charge in [-0.15, -0.1) is 24.0 Å². The minimum Gasteiger partial charge on any atom is -0.370 e. The maximum Gasteiger partial charge on any atom is 0.193 e. The number of rotatable bonds is 3. The van der Waals surface area contributed by atoms with Crippen LogP contribution in [0.2, 0.25) is 5.02 Å². The number of nitrogens with zero attached hydrogens (tertiary/aromatic N) is 1. The first-order valence-corrected chi connectivity index (χ1v) is 6.91. The lowest BCUT2D eigenvalue weighted by atomic mass is 10.1. The van der Waals surface area contributed by atoms with Crippen LogP contribution in [0.25, 0.3) is 0 Å². The molecule has 118 valence electrons. The molecular weight excluding hydrogens is 416 g/mol. The number of halogens is 3. The Hall–Kier alpha value is -1.34. The average Bonchev–Trinajstić information content (AvgIpc) is 2.39. The van der Waals surface area contributed by atoms with Crippen molar-refractivity contribution in [3.8, 4) is 0 Å². The van der Waals surface area contributed by atoms with Crippen molar-refractivity contribution < 1.29 is 4.39 Å². The molecule has 2 aromatic carbocycles. The summed E-state index contributed by atoms with van der Waals surface area (Å²) in [5.41, 5.74) is 9.84. The van der Waals surface area contributed by atoms with E-state index in [-0.39, 0.29) is 29.0 Å². The molecule has 22 heavy (non-hydrogen) atoms. The highest BCUT2D eigenvalue weighted by Crippen LogP contribution is 2.17. The Morgan fingerprint density at radius 3 is 2.41 bits per heavy atom. The molecule has 2 aromatic rings. The highest BCUT2D eigenvalue weighted by Gasteiger charge is 2.01.